The second-order valence-corrected chi connectivity index (χ2v) is 3.20. The molecule has 1 unspecified atom stereocenters. The molecule has 5 nitrogen and oxygen atoms in total. The SMILES string of the molecule is CCOC(=O)N1CCOCC1CCN. The smallest absolute Gasteiger partial charge is 0.410 e. The monoisotopic (exact) mass is 202 g/mol. The summed E-state index contributed by atoms with van der Waals surface area (Å²) in [4.78, 5) is 13.2. The molecule has 1 atom stereocenters. The minimum absolute atomic E-state index is 0.0767. The zero-order valence-corrected chi connectivity index (χ0v) is 8.57. The van der Waals surface area contributed by atoms with Crippen molar-refractivity contribution in [3.63, 3.8) is 0 Å². The Morgan fingerprint density at radius 3 is 3.14 bits per heavy atom. The standard InChI is InChI=1S/C9H18N2O3/c1-2-14-9(12)11-5-6-13-7-8(11)3-4-10/h8H,2-7,10H2,1H3. The van der Waals surface area contributed by atoms with E-state index >= 15 is 0 Å². The van der Waals surface area contributed by atoms with Gasteiger partial charge in [0.25, 0.3) is 0 Å². The summed E-state index contributed by atoms with van der Waals surface area (Å²) in [5.74, 6) is 0. The molecule has 0 saturated carbocycles. The maximum atomic E-state index is 11.5. The van der Waals surface area contributed by atoms with Gasteiger partial charge in [0, 0.05) is 6.54 Å². The van der Waals surface area contributed by atoms with E-state index in [1.54, 1.807) is 11.8 Å². The lowest BCUT2D eigenvalue weighted by Crippen LogP contribution is -2.49. The molecule has 2 N–H and O–H groups in total. The Balaban J connectivity index is 2.48. The molecule has 5 heteroatoms. The van der Waals surface area contributed by atoms with Gasteiger partial charge in [-0.1, -0.05) is 0 Å². The van der Waals surface area contributed by atoms with Crippen LogP contribution in [0, 0.1) is 0 Å². The van der Waals surface area contributed by atoms with E-state index in [9.17, 15) is 4.79 Å². The molecule has 1 saturated heterocycles. The quantitative estimate of drug-likeness (QED) is 0.709. The van der Waals surface area contributed by atoms with Crippen molar-refractivity contribution < 1.29 is 14.3 Å². The number of amides is 1. The molecule has 82 valence electrons. The fraction of sp³-hybridized carbons (Fsp3) is 0.889. The van der Waals surface area contributed by atoms with Crippen LogP contribution in [0.5, 0.6) is 0 Å². The van der Waals surface area contributed by atoms with Crippen molar-refractivity contribution in [3.05, 3.63) is 0 Å². The highest BCUT2D eigenvalue weighted by Gasteiger charge is 2.27. The summed E-state index contributed by atoms with van der Waals surface area (Å²) in [5, 5.41) is 0. The van der Waals surface area contributed by atoms with Gasteiger partial charge >= 0.3 is 6.09 Å². The van der Waals surface area contributed by atoms with Gasteiger partial charge in [-0.25, -0.2) is 4.79 Å². The maximum absolute atomic E-state index is 11.5. The first kappa shape index (κ1) is 11.3. The number of hydrogen-bond acceptors (Lipinski definition) is 4. The topological polar surface area (TPSA) is 64.8 Å². The molecular weight excluding hydrogens is 184 g/mol. The van der Waals surface area contributed by atoms with Gasteiger partial charge in [-0.2, -0.15) is 0 Å². The predicted molar refractivity (Wildman–Crippen MR) is 52.0 cm³/mol. The van der Waals surface area contributed by atoms with E-state index in [1.165, 1.54) is 0 Å². The highest BCUT2D eigenvalue weighted by atomic mass is 16.6. The summed E-state index contributed by atoms with van der Waals surface area (Å²) in [6, 6.07) is 0.0767. The molecule has 14 heavy (non-hydrogen) atoms. The first-order chi connectivity index (χ1) is 6.79. The molecule has 0 bridgehead atoms. The van der Waals surface area contributed by atoms with Crippen molar-refractivity contribution in [2.24, 2.45) is 5.73 Å². The van der Waals surface area contributed by atoms with Crippen molar-refractivity contribution in [2.45, 2.75) is 19.4 Å². The minimum atomic E-state index is -0.255. The number of nitrogens with zero attached hydrogens (tertiary/aromatic N) is 1. The highest BCUT2D eigenvalue weighted by molar-refractivity contribution is 5.68. The third-order valence-electron chi connectivity index (χ3n) is 2.23. The highest BCUT2D eigenvalue weighted by Crippen LogP contribution is 2.11. The van der Waals surface area contributed by atoms with Gasteiger partial charge in [0.1, 0.15) is 0 Å². The minimum Gasteiger partial charge on any atom is -0.450 e. The average Bonchev–Trinajstić information content (AvgIpc) is 2.19. The van der Waals surface area contributed by atoms with Crippen molar-refractivity contribution in [3.8, 4) is 0 Å². The van der Waals surface area contributed by atoms with E-state index in [1.807, 2.05) is 0 Å². The van der Waals surface area contributed by atoms with Crippen molar-refractivity contribution in [2.75, 3.05) is 32.9 Å². The number of carbonyl (C=O) groups excluding carboxylic acids is 1. The van der Waals surface area contributed by atoms with Crippen LogP contribution < -0.4 is 5.73 Å². The summed E-state index contributed by atoms with van der Waals surface area (Å²) in [7, 11) is 0. The van der Waals surface area contributed by atoms with Gasteiger partial charge in [-0.3, -0.25) is 0 Å². The first-order valence-electron chi connectivity index (χ1n) is 5.00. The second-order valence-electron chi connectivity index (χ2n) is 3.20. The van der Waals surface area contributed by atoms with E-state index in [2.05, 4.69) is 0 Å². The lowest BCUT2D eigenvalue weighted by atomic mass is 10.2. The van der Waals surface area contributed by atoms with E-state index in [4.69, 9.17) is 15.2 Å². The molecule has 0 aromatic rings. The van der Waals surface area contributed by atoms with Crippen LogP contribution in [0.1, 0.15) is 13.3 Å². The summed E-state index contributed by atoms with van der Waals surface area (Å²) in [6.45, 7) is 4.52. The number of rotatable bonds is 3. The summed E-state index contributed by atoms with van der Waals surface area (Å²) in [5.41, 5.74) is 5.46. The van der Waals surface area contributed by atoms with Crippen molar-refractivity contribution >= 4 is 6.09 Å². The fourth-order valence-corrected chi connectivity index (χ4v) is 1.53. The average molecular weight is 202 g/mol. The molecule has 1 rings (SSSR count). The Morgan fingerprint density at radius 2 is 2.50 bits per heavy atom. The molecular formula is C9H18N2O3. The van der Waals surface area contributed by atoms with Crippen LogP contribution in [-0.2, 0) is 9.47 Å². The lowest BCUT2D eigenvalue weighted by molar-refractivity contribution is -0.00960. The largest absolute Gasteiger partial charge is 0.450 e. The van der Waals surface area contributed by atoms with Crippen molar-refractivity contribution in [1.82, 2.24) is 4.90 Å². The van der Waals surface area contributed by atoms with Gasteiger partial charge < -0.3 is 20.1 Å². The van der Waals surface area contributed by atoms with Gasteiger partial charge in [-0.05, 0) is 19.9 Å². The van der Waals surface area contributed by atoms with Crippen LogP contribution in [0.2, 0.25) is 0 Å². The Morgan fingerprint density at radius 1 is 1.71 bits per heavy atom. The Bertz CT molecular complexity index is 185. The van der Waals surface area contributed by atoms with Crippen molar-refractivity contribution in [1.29, 1.82) is 0 Å². The van der Waals surface area contributed by atoms with E-state index in [0.29, 0.717) is 32.9 Å². The molecule has 0 radical (unpaired) electrons. The zero-order chi connectivity index (χ0) is 10.4. The fourth-order valence-electron chi connectivity index (χ4n) is 1.53. The molecule has 1 aliphatic rings. The Hall–Kier alpha value is -0.810. The predicted octanol–water partition coefficient (Wildman–Crippen LogP) is 0.193. The van der Waals surface area contributed by atoms with Crippen LogP contribution >= 0.6 is 0 Å². The summed E-state index contributed by atoms with van der Waals surface area (Å²) >= 11 is 0. The number of carbonyl (C=O) groups is 1. The number of nitrogens with two attached hydrogens (primary N) is 1. The van der Waals surface area contributed by atoms with Gasteiger partial charge in [-0.15, -0.1) is 0 Å². The third kappa shape index (κ3) is 2.85. The Kier molecular flexibility index (Phi) is 4.69. The van der Waals surface area contributed by atoms with Crippen LogP contribution in [0.4, 0.5) is 4.79 Å². The van der Waals surface area contributed by atoms with E-state index in [-0.39, 0.29) is 12.1 Å². The number of morpholine rings is 1. The van der Waals surface area contributed by atoms with Gasteiger partial charge in [0.2, 0.25) is 0 Å². The Labute approximate surface area is 84.1 Å². The first-order valence-corrected chi connectivity index (χ1v) is 5.00. The number of hydrogen-bond donors (Lipinski definition) is 1. The van der Waals surface area contributed by atoms with Crippen LogP contribution in [0.15, 0.2) is 0 Å². The van der Waals surface area contributed by atoms with Gasteiger partial charge in [0.15, 0.2) is 0 Å². The lowest BCUT2D eigenvalue weighted by Gasteiger charge is -2.34. The molecule has 0 aromatic carbocycles. The molecule has 0 aliphatic carbocycles. The summed E-state index contributed by atoms with van der Waals surface area (Å²) in [6.07, 6.45) is 0.507. The molecule has 1 amide bonds. The van der Waals surface area contributed by atoms with E-state index in [0.717, 1.165) is 6.42 Å². The molecule has 1 aliphatic heterocycles. The van der Waals surface area contributed by atoms with Crippen LogP contribution in [0.3, 0.4) is 0 Å². The zero-order valence-electron chi connectivity index (χ0n) is 8.57. The van der Waals surface area contributed by atoms with Crippen LogP contribution in [-0.4, -0.2) is 49.9 Å². The maximum Gasteiger partial charge on any atom is 0.410 e. The van der Waals surface area contributed by atoms with E-state index < -0.39 is 0 Å². The normalized spacial score (nSPS) is 22.1. The molecule has 1 fully saturated rings. The second kappa shape index (κ2) is 5.82. The molecule has 0 spiro atoms. The molecule has 0 aromatic heterocycles. The summed E-state index contributed by atoms with van der Waals surface area (Å²) < 4.78 is 10.2. The number of ether oxygens (including phenoxy) is 2. The molecule has 1 heterocycles. The van der Waals surface area contributed by atoms with Gasteiger partial charge in [0.05, 0.1) is 25.9 Å². The van der Waals surface area contributed by atoms with Crippen LogP contribution in [0.25, 0.3) is 0 Å². The third-order valence-corrected chi connectivity index (χ3v) is 2.23.